The van der Waals surface area contributed by atoms with Crippen LogP contribution in [0, 0.1) is 5.41 Å². The highest BCUT2D eigenvalue weighted by Gasteiger charge is 2.30. The maximum atomic E-state index is 8.02. The van der Waals surface area contributed by atoms with Gasteiger partial charge in [-0.2, -0.15) is 0 Å². The van der Waals surface area contributed by atoms with Gasteiger partial charge in [-0.25, -0.2) is 0 Å². The number of nitrogens with one attached hydrogen (secondary N) is 1. The quantitative estimate of drug-likeness (QED) is 0.645. The highest BCUT2D eigenvalue weighted by Crippen LogP contribution is 2.44. The van der Waals surface area contributed by atoms with Gasteiger partial charge in [0.1, 0.15) is 0 Å². The molecule has 18 heavy (non-hydrogen) atoms. The van der Waals surface area contributed by atoms with Gasteiger partial charge >= 0.3 is 0 Å². The predicted molar refractivity (Wildman–Crippen MR) is 67.6 cm³/mol. The lowest BCUT2D eigenvalue weighted by atomic mass is 9.82. The zero-order valence-electron chi connectivity index (χ0n) is 10.5. The van der Waals surface area contributed by atoms with E-state index >= 15 is 0 Å². The molecule has 4 heteroatoms. The summed E-state index contributed by atoms with van der Waals surface area (Å²) in [6, 6.07) is 4.00. The molecule has 1 aliphatic carbocycles. The lowest BCUT2D eigenvalue weighted by Gasteiger charge is -2.26. The monoisotopic (exact) mass is 247 g/mol. The molecule has 1 N–H and O–H groups in total. The molecule has 0 aromatic heterocycles. The second-order valence-corrected chi connectivity index (χ2v) is 4.61. The Morgan fingerprint density at radius 2 is 2.33 bits per heavy atom. The van der Waals surface area contributed by atoms with Gasteiger partial charge in [-0.15, -0.1) is 0 Å². The number of hydrogen-bond acceptors (Lipinski definition) is 4. The summed E-state index contributed by atoms with van der Waals surface area (Å²) >= 11 is 0. The van der Waals surface area contributed by atoms with Crippen LogP contribution in [0.2, 0.25) is 0 Å². The first kappa shape index (κ1) is 11.4. The maximum absolute atomic E-state index is 8.02. The summed E-state index contributed by atoms with van der Waals surface area (Å²) in [6.07, 6.45) is 3.04. The molecule has 3 rings (SSSR count). The topological polar surface area (TPSA) is 51.5 Å². The molecule has 1 aromatic carbocycles. The minimum absolute atomic E-state index is 0.0724. The maximum Gasteiger partial charge on any atom is 0.231 e. The Bertz CT molecular complexity index is 484. The third-order valence-electron chi connectivity index (χ3n) is 3.59. The van der Waals surface area contributed by atoms with Crippen LogP contribution < -0.4 is 9.47 Å². The van der Waals surface area contributed by atoms with Crippen molar-refractivity contribution in [3.8, 4) is 11.5 Å². The standard InChI is InChI=1S/C14H17NO3/c1-2-16-14(15)11-5-3-4-10-9(11)6-7-12-13(10)18-8-17-12/h6-7,11,15H,2-5,8H2,1H3. The van der Waals surface area contributed by atoms with Crippen LogP contribution in [0.1, 0.15) is 36.8 Å². The van der Waals surface area contributed by atoms with Crippen molar-refractivity contribution in [2.45, 2.75) is 32.1 Å². The highest BCUT2D eigenvalue weighted by molar-refractivity contribution is 5.82. The number of ether oxygens (including phenoxy) is 3. The van der Waals surface area contributed by atoms with Gasteiger partial charge in [-0.1, -0.05) is 6.07 Å². The fraction of sp³-hybridized carbons (Fsp3) is 0.500. The van der Waals surface area contributed by atoms with E-state index in [1.54, 1.807) is 0 Å². The summed E-state index contributed by atoms with van der Waals surface area (Å²) in [5, 5.41) is 8.02. The smallest absolute Gasteiger partial charge is 0.231 e. The van der Waals surface area contributed by atoms with Crippen LogP contribution in [0.4, 0.5) is 0 Å². The normalized spacial score (nSPS) is 20.4. The van der Waals surface area contributed by atoms with Crippen molar-refractivity contribution in [1.82, 2.24) is 0 Å². The molecule has 4 nitrogen and oxygen atoms in total. The Balaban J connectivity index is 1.99. The van der Waals surface area contributed by atoms with Crippen LogP contribution in [0.3, 0.4) is 0 Å². The molecule has 0 saturated carbocycles. The second-order valence-electron chi connectivity index (χ2n) is 4.61. The zero-order valence-corrected chi connectivity index (χ0v) is 10.5. The van der Waals surface area contributed by atoms with Gasteiger partial charge in [-0.05, 0) is 37.8 Å². The highest BCUT2D eigenvalue weighted by atomic mass is 16.7. The van der Waals surface area contributed by atoms with Crippen LogP contribution >= 0.6 is 0 Å². The SMILES string of the molecule is CCOC(=N)C1CCCc2c1ccc1c2OCO1. The van der Waals surface area contributed by atoms with Gasteiger partial charge in [0.15, 0.2) is 17.4 Å². The molecule has 0 radical (unpaired) electrons. The molecule has 0 fully saturated rings. The Hall–Kier alpha value is -1.71. The van der Waals surface area contributed by atoms with E-state index in [0.717, 1.165) is 30.8 Å². The molecule has 96 valence electrons. The molecule has 0 amide bonds. The lowest BCUT2D eigenvalue weighted by Crippen LogP contribution is -2.20. The number of benzene rings is 1. The zero-order chi connectivity index (χ0) is 12.5. The van der Waals surface area contributed by atoms with E-state index in [0.29, 0.717) is 19.3 Å². The molecular weight excluding hydrogens is 230 g/mol. The third kappa shape index (κ3) is 1.72. The average molecular weight is 247 g/mol. The van der Waals surface area contributed by atoms with E-state index in [-0.39, 0.29) is 5.92 Å². The first-order chi connectivity index (χ1) is 8.81. The molecule has 2 aliphatic rings. The van der Waals surface area contributed by atoms with Gasteiger partial charge in [0, 0.05) is 5.56 Å². The molecule has 1 unspecified atom stereocenters. The predicted octanol–water partition coefficient (Wildman–Crippen LogP) is 2.85. The van der Waals surface area contributed by atoms with E-state index in [1.165, 1.54) is 11.1 Å². The van der Waals surface area contributed by atoms with Crippen LogP contribution in [-0.4, -0.2) is 19.3 Å². The number of rotatable bonds is 2. The van der Waals surface area contributed by atoms with Gasteiger partial charge in [0.05, 0.1) is 12.5 Å². The Kier molecular flexibility index (Phi) is 2.86. The summed E-state index contributed by atoms with van der Waals surface area (Å²) in [6.45, 7) is 2.77. The Morgan fingerprint density at radius 3 is 3.17 bits per heavy atom. The summed E-state index contributed by atoms with van der Waals surface area (Å²) in [5.41, 5.74) is 2.37. The Labute approximate surface area is 106 Å². The molecule has 1 atom stereocenters. The lowest BCUT2D eigenvalue weighted by molar-refractivity contribution is 0.173. The number of hydrogen-bond donors (Lipinski definition) is 1. The van der Waals surface area contributed by atoms with Crippen molar-refractivity contribution in [3.63, 3.8) is 0 Å². The Morgan fingerprint density at radius 1 is 1.44 bits per heavy atom. The van der Waals surface area contributed by atoms with Crippen molar-refractivity contribution in [2.24, 2.45) is 0 Å². The first-order valence-corrected chi connectivity index (χ1v) is 6.44. The summed E-state index contributed by atoms with van der Waals surface area (Å²) in [5.74, 6) is 2.15. The minimum Gasteiger partial charge on any atom is -0.481 e. The van der Waals surface area contributed by atoms with Crippen LogP contribution in [0.25, 0.3) is 0 Å². The van der Waals surface area contributed by atoms with Gasteiger partial charge in [-0.3, -0.25) is 5.41 Å². The van der Waals surface area contributed by atoms with Crippen molar-refractivity contribution in [3.05, 3.63) is 23.3 Å². The summed E-state index contributed by atoms with van der Waals surface area (Å²) in [7, 11) is 0. The fourth-order valence-electron chi connectivity index (χ4n) is 2.80. The molecule has 1 aliphatic heterocycles. The summed E-state index contributed by atoms with van der Waals surface area (Å²) < 4.78 is 16.3. The van der Waals surface area contributed by atoms with Crippen molar-refractivity contribution in [1.29, 1.82) is 5.41 Å². The average Bonchev–Trinajstić information content (AvgIpc) is 2.86. The molecule has 0 spiro atoms. The van der Waals surface area contributed by atoms with Crippen LogP contribution in [0.5, 0.6) is 11.5 Å². The van der Waals surface area contributed by atoms with Crippen LogP contribution in [-0.2, 0) is 11.2 Å². The van der Waals surface area contributed by atoms with Gasteiger partial charge < -0.3 is 14.2 Å². The van der Waals surface area contributed by atoms with Crippen molar-refractivity contribution < 1.29 is 14.2 Å². The molecular formula is C14H17NO3. The summed E-state index contributed by atoms with van der Waals surface area (Å²) in [4.78, 5) is 0. The van der Waals surface area contributed by atoms with E-state index in [9.17, 15) is 0 Å². The van der Waals surface area contributed by atoms with Crippen molar-refractivity contribution in [2.75, 3.05) is 13.4 Å². The number of fused-ring (bicyclic) bond motifs is 3. The van der Waals surface area contributed by atoms with Crippen LogP contribution in [0.15, 0.2) is 12.1 Å². The van der Waals surface area contributed by atoms with E-state index in [2.05, 4.69) is 6.07 Å². The van der Waals surface area contributed by atoms with Gasteiger partial charge in [0.2, 0.25) is 6.79 Å². The molecule has 1 aromatic rings. The molecule has 0 saturated heterocycles. The minimum atomic E-state index is 0.0724. The third-order valence-corrected chi connectivity index (χ3v) is 3.59. The van der Waals surface area contributed by atoms with E-state index < -0.39 is 0 Å². The van der Waals surface area contributed by atoms with Gasteiger partial charge in [0.25, 0.3) is 0 Å². The van der Waals surface area contributed by atoms with Crippen molar-refractivity contribution >= 4 is 5.90 Å². The van der Waals surface area contributed by atoms with E-state index in [1.807, 2.05) is 13.0 Å². The molecule has 1 heterocycles. The molecule has 0 bridgehead atoms. The second kappa shape index (κ2) is 4.52. The first-order valence-electron chi connectivity index (χ1n) is 6.44. The van der Waals surface area contributed by atoms with E-state index in [4.69, 9.17) is 19.6 Å². The fourth-order valence-corrected chi connectivity index (χ4v) is 2.80. The largest absolute Gasteiger partial charge is 0.481 e.